The summed E-state index contributed by atoms with van der Waals surface area (Å²) < 4.78 is 13.7. The van der Waals surface area contributed by atoms with Crippen molar-refractivity contribution in [1.82, 2.24) is 0 Å². The van der Waals surface area contributed by atoms with Crippen LogP contribution < -0.4 is 14.5 Å². The van der Waals surface area contributed by atoms with Gasteiger partial charge in [-0.25, -0.2) is 0 Å². The molecule has 0 saturated heterocycles. The minimum absolute atomic E-state index is 0.0871. The molecule has 1 aliphatic carbocycles. The zero-order chi connectivity index (χ0) is 33.2. The van der Waals surface area contributed by atoms with E-state index in [0.29, 0.717) is 0 Å². The molecule has 4 heterocycles. The van der Waals surface area contributed by atoms with Crippen molar-refractivity contribution in [3.8, 4) is 16.9 Å². The zero-order valence-electron chi connectivity index (χ0n) is 28.7. The average Bonchev–Trinajstić information content (AvgIpc) is 3.80. The lowest BCUT2D eigenvalue weighted by Crippen LogP contribution is -2.32. The number of ether oxygens (including phenoxy) is 2. The smallest absolute Gasteiger partial charge is 0.187 e. The van der Waals surface area contributed by atoms with Crippen molar-refractivity contribution in [2.45, 2.75) is 65.3 Å². The van der Waals surface area contributed by atoms with E-state index in [-0.39, 0.29) is 29.7 Å². The summed E-state index contributed by atoms with van der Waals surface area (Å²) in [6.45, 7) is 11.0. The van der Waals surface area contributed by atoms with Crippen LogP contribution in [0, 0.1) is 26.2 Å². The average molecular weight is 641 g/mol. The molecule has 0 spiro atoms. The molecule has 49 heavy (non-hydrogen) atoms. The third-order valence-electron chi connectivity index (χ3n) is 11.3. The third-order valence-corrected chi connectivity index (χ3v) is 11.3. The molecule has 0 radical (unpaired) electrons. The van der Waals surface area contributed by atoms with Gasteiger partial charge in [0.2, 0.25) is 0 Å². The fourth-order valence-corrected chi connectivity index (χ4v) is 8.80. The zero-order valence-corrected chi connectivity index (χ0v) is 28.7. The van der Waals surface area contributed by atoms with Gasteiger partial charge in [-0.15, -0.1) is 0 Å². The van der Waals surface area contributed by atoms with Gasteiger partial charge in [-0.2, -0.15) is 0 Å². The van der Waals surface area contributed by atoms with E-state index in [1.807, 2.05) is 0 Å². The lowest BCUT2D eigenvalue weighted by atomic mass is 9.79. The maximum absolute atomic E-state index is 6.90. The molecule has 4 heteroatoms. The number of rotatable bonds is 3. The molecule has 0 saturated carbocycles. The number of benzene rings is 5. The van der Waals surface area contributed by atoms with E-state index in [9.17, 15) is 0 Å². The monoisotopic (exact) mass is 640 g/mol. The van der Waals surface area contributed by atoms with Crippen molar-refractivity contribution in [1.29, 1.82) is 0 Å². The van der Waals surface area contributed by atoms with E-state index in [1.165, 1.54) is 67.1 Å². The van der Waals surface area contributed by atoms with Gasteiger partial charge in [-0.1, -0.05) is 85.7 Å². The van der Waals surface area contributed by atoms with E-state index in [1.54, 1.807) is 0 Å². The number of aryl methyl sites for hydroxylation is 3. The first-order valence-electron chi connectivity index (χ1n) is 17.6. The van der Waals surface area contributed by atoms with Gasteiger partial charge in [0.05, 0.1) is 11.8 Å². The number of anilines is 4. The van der Waals surface area contributed by atoms with Crippen LogP contribution in [0.4, 0.5) is 22.7 Å². The summed E-state index contributed by atoms with van der Waals surface area (Å²) >= 11 is 0. The van der Waals surface area contributed by atoms with Crippen molar-refractivity contribution < 1.29 is 9.47 Å². The van der Waals surface area contributed by atoms with Crippen LogP contribution in [0.2, 0.25) is 0 Å². The van der Waals surface area contributed by atoms with E-state index in [0.717, 1.165) is 23.6 Å². The second kappa shape index (κ2) is 10.1. The van der Waals surface area contributed by atoms with E-state index in [2.05, 4.69) is 160 Å². The van der Waals surface area contributed by atoms with E-state index < -0.39 is 0 Å². The number of hydrogen-bond acceptors (Lipinski definition) is 4. The summed E-state index contributed by atoms with van der Waals surface area (Å²) in [6, 6.07) is 38.4. The van der Waals surface area contributed by atoms with Crippen LogP contribution in [-0.4, -0.2) is 12.5 Å². The molecule has 4 aliphatic heterocycles. The molecule has 5 aliphatic rings. The van der Waals surface area contributed by atoms with Crippen LogP contribution in [-0.2, 0) is 4.74 Å². The van der Waals surface area contributed by atoms with Gasteiger partial charge >= 0.3 is 0 Å². The highest BCUT2D eigenvalue weighted by atomic mass is 16.5. The minimum atomic E-state index is -0.114. The Balaban J connectivity index is 1.10. The Bertz CT molecular complexity index is 2240. The standard InChI is InChI=1S/C45H40N2O2/c1-26-6-13-31(14-7-26)46-37-18-11-29(23-35(37)41-33-17-10-28(3)22-39(33)48-43(41)46)30-12-19-38-36(24-30)42-34-20-21-45(4,5)25-40(34)49-44(42)47(38)32-15-8-27(2)9-16-32/h6-24,41-44H,25H2,1-5H3. The molecule has 4 nitrogen and oxygen atoms in total. The van der Waals surface area contributed by atoms with Gasteiger partial charge < -0.3 is 19.3 Å². The van der Waals surface area contributed by atoms with Crippen LogP contribution in [0.5, 0.6) is 5.75 Å². The van der Waals surface area contributed by atoms with Crippen molar-refractivity contribution in [3.05, 3.63) is 160 Å². The van der Waals surface area contributed by atoms with Crippen LogP contribution in [0.25, 0.3) is 11.1 Å². The molecular weight excluding hydrogens is 601 g/mol. The number of allylic oxidation sites excluding steroid dienone is 3. The summed E-state index contributed by atoms with van der Waals surface area (Å²) in [5.41, 5.74) is 16.3. The van der Waals surface area contributed by atoms with Crippen molar-refractivity contribution in [2.24, 2.45) is 5.41 Å². The van der Waals surface area contributed by atoms with E-state index in [4.69, 9.17) is 9.47 Å². The molecule has 0 fully saturated rings. The normalized spacial score (nSPS) is 23.4. The van der Waals surface area contributed by atoms with Gasteiger partial charge in [0, 0.05) is 40.3 Å². The SMILES string of the molecule is Cc1ccc(N2c3ccc(-c4ccc5c(c4)C4c6ccc(C)cc6OC4N5c4ccc(C)cc4)cc3C3C4=C(CC(C)(C)C=C4)OC32)cc1. The summed E-state index contributed by atoms with van der Waals surface area (Å²) in [4.78, 5) is 4.82. The van der Waals surface area contributed by atoms with Crippen molar-refractivity contribution >= 4 is 22.7 Å². The summed E-state index contributed by atoms with van der Waals surface area (Å²) in [6.07, 6.45) is 5.44. The number of fused-ring (bicyclic) bond motifs is 9. The Labute approximate surface area is 288 Å². The second-order valence-corrected chi connectivity index (χ2v) is 15.3. The van der Waals surface area contributed by atoms with Gasteiger partial charge in [0.15, 0.2) is 12.5 Å². The van der Waals surface area contributed by atoms with Gasteiger partial charge in [-0.3, -0.25) is 0 Å². The molecule has 4 unspecified atom stereocenters. The van der Waals surface area contributed by atoms with E-state index >= 15 is 0 Å². The number of hydrogen-bond donors (Lipinski definition) is 0. The summed E-state index contributed by atoms with van der Waals surface area (Å²) in [7, 11) is 0. The van der Waals surface area contributed by atoms with Gasteiger partial charge in [-0.05, 0) is 109 Å². The highest BCUT2D eigenvalue weighted by Crippen LogP contribution is 2.58. The molecular formula is C45H40N2O2. The maximum atomic E-state index is 6.90. The van der Waals surface area contributed by atoms with Crippen LogP contribution in [0.1, 0.15) is 65.5 Å². The molecule has 0 N–H and O–H groups in total. The molecule has 5 aromatic carbocycles. The number of nitrogens with zero attached hydrogens (tertiary/aromatic N) is 2. The van der Waals surface area contributed by atoms with Crippen molar-refractivity contribution in [2.75, 3.05) is 9.80 Å². The van der Waals surface area contributed by atoms with Crippen molar-refractivity contribution in [3.63, 3.8) is 0 Å². The predicted octanol–water partition coefficient (Wildman–Crippen LogP) is 11.1. The molecule has 5 aromatic rings. The van der Waals surface area contributed by atoms with Crippen LogP contribution in [0.3, 0.4) is 0 Å². The highest BCUT2D eigenvalue weighted by molar-refractivity contribution is 5.83. The maximum Gasteiger partial charge on any atom is 0.187 e. The Kier molecular flexibility index (Phi) is 5.96. The lowest BCUT2D eigenvalue weighted by molar-refractivity contribution is 0.128. The minimum Gasteiger partial charge on any atom is -0.473 e. The lowest BCUT2D eigenvalue weighted by Gasteiger charge is -2.29. The Morgan fingerprint density at radius 1 is 0.571 bits per heavy atom. The van der Waals surface area contributed by atoms with Crippen LogP contribution in [0.15, 0.2) is 127 Å². The highest BCUT2D eigenvalue weighted by Gasteiger charge is 2.50. The first-order valence-corrected chi connectivity index (χ1v) is 17.6. The van der Waals surface area contributed by atoms with Gasteiger partial charge in [0.25, 0.3) is 0 Å². The Morgan fingerprint density at radius 2 is 1.12 bits per heavy atom. The summed E-state index contributed by atoms with van der Waals surface area (Å²) in [5, 5.41) is 0. The molecule has 4 atom stereocenters. The fourth-order valence-electron chi connectivity index (χ4n) is 8.80. The second-order valence-electron chi connectivity index (χ2n) is 15.3. The fraction of sp³-hybridized carbons (Fsp3) is 0.244. The quantitative estimate of drug-likeness (QED) is 0.196. The molecule has 0 amide bonds. The predicted molar refractivity (Wildman–Crippen MR) is 198 cm³/mol. The summed E-state index contributed by atoms with van der Waals surface area (Å²) in [5.74, 6) is 2.43. The molecule has 0 bridgehead atoms. The third kappa shape index (κ3) is 4.29. The van der Waals surface area contributed by atoms with Crippen LogP contribution >= 0.6 is 0 Å². The molecule has 242 valence electrons. The first-order chi connectivity index (χ1) is 23.7. The largest absolute Gasteiger partial charge is 0.473 e. The van der Waals surface area contributed by atoms with Gasteiger partial charge in [0.1, 0.15) is 11.5 Å². The topological polar surface area (TPSA) is 24.9 Å². The Morgan fingerprint density at radius 3 is 1.73 bits per heavy atom. The molecule has 0 aromatic heterocycles. The molecule has 10 rings (SSSR count). The Hall–Kier alpha value is -5.22. The first kappa shape index (κ1) is 28.8.